The van der Waals surface area contributed by atoms with Gasteiger partial charge in [0.15, 0.2) is 0 Å². The molecule has 0 unspecified atom stereocenters. The van der Waals surface area contributed by atoms with Gasteiger partial charge < -0.3 is 5.73 Å². The summed E-state index contributed by atoms with van der Waals surface area (Å²) < 4.78 is 0.985. The molecule has 0 fully saturated rings. The van der Waals surface area contributed by atoms with E-state index in [1.54, 1.807) is 17.5 Å². The molecule has 0 amide bonds. The first kappa shape index (κ1) is 9.96. The van der Waals surface area contributed by atoms with E-state index >= 15 is 0 Å². The Bertz CT molecular complexity index is 803. The Morgan fingerprint density at radius 1 is 1.22 bits per heavy atom. The molecule has 4 rings (SSSR count). The lowest BCUT2D eigenvalue weighted by atomic mass is 10.1. The molecule has 4 nitrogen and oxygen atoms in total. The molecule has 5 heteroatoms. The Kier molecular flexibility index (Phi) is 1.93. The van der Waals surface area contributed by atoms with E-state index in [4.69, 9.17) is 10.7 Å². The van der Waals surface area contributed by atoms with Gasteiger partial charge in [0.05, 0.1) is 21.8 Å². The molecular weight excluding hydrogens is 244 g/mol. The van der Waals surface area contributed by atoms with Crippen molar-refractivity contribution in [2.24, 2.45) is 0 Å². The zero-order valence-electron chi connectivity index (χ0n) is 9.55. The molecule has 2 N–H and O–H groups in total. The summed E-state index contributed by atoms with van der Waals surface area (Å²) >= 11 is 1.58. The lowest BCUT2D eigenvalue weighted by Crippen LogP contribution is -2.00. The van der Waals surface area contributed by atoms with Crippen LogP contribution in [0.25, 0.3) is 26.6 Å². The Morgan fingerprint density at radius 3 is 3.11 bits per heavy atom. The highest BCUT2D eigenvalue weighted by molar-refractivity contribution is 7.25. The number of nitrogens with two attached hydrogens (primary N) is 1. The van der Waals surface area contributed by atoms with E-state index in [0.717, 1.165) is 50.5 Å². The first-order valence-electron chi connectivity index (χ1n) is 5.83. The molecule has 1 aliphatic rings. The molecule has 0 saturated carbocycles. The first-order valence-corrected chi connectivity index (χ1v) is 6.65. The largest absolute Gasteiger partial charge is 0.397 e. The molecule has 0 aromatic carbocycles. The minimum Gasteiger partial charge on any atom is -0.397 e. The van der Waals surface area contributed by atoms with Crippen LogP contribution in [0, 0.1) is 0 Å². The third-order valence-electron chi connectivity index (χ3n) is 3.15. The monoisotopic (exact) mass is 254 g/mol. The minimum atomic E-state index is 0.748. The van der Waals surface area contributed by atoms with Gasteiger partial charge in [0.1, 0.15) is 15.9 Å². The van der Waals surface area contributed by atoms with Crippen molar-refractivity contribution in [2.45, 2.75) is 12.8 Å². The highest BCUT2D eigenvalue weighted by atomic mass is 32.1. The van der Waals surface area contributed by atoms with Crippen molar-refractivity contribution in [3.05, 3.63) is 29.7 Å². The van der Waals surface area contributed by atoms with E-state index in [9.17, 15) is 0 Å². The third-order valence-corrected chi connectivity index (χ3v) is 4.26. The molecule has 0 spiro atoms. The predicted molar refractivity (Wildman–Crippen MR) is 74.5 cm³/mol. The maximum absolute atomic E-state index is 5.97. The SMILES string of the molecule is Nc1ccnc2c1sc1nc3c(nc12)C=CCC3. The molecular formula is C13H10N4S. The van der Waals surface area contributed by atoms with Crippen molar-refractivity contribution >= 4 is 43.7 Å². The van der Waals surface area contributed by atoms with Crippen LogP contribution < -0.4 is 5.73 Å². The number of nitrogens with zero attached hydrogens (tertiary/aromatic N) is 3. The van der Waals surface area contributed by atoms with Crippen LogP contribution in [0.3, 0.4) is 0 Å². The summed E-state index contributed by atoms with van der Waals surface area (Å²) in [6.07, 6.45) is 7.91. The Labute approximate surface area is 107 Å². The zero-order valence-corrected chi connectivity index (χ0v) is 10.4. The van der Waals surface area contributed by atoms with Crippen molar-refractivity contribution in [1.29, 1.82) is 0 Å². The van der Waals surface area contributed by atoms with Crippen molar-refractivity contribution in [3.63, 3.8) is 0 Å². The highest BCUT2D eigenvalue weighted by Crippen LogP contribution is 2.34. The van der Waals surface area contributed by atoms with Crippen LogP contribution in [-0.2, 0) is 6.42 Å². The van der Waals surface area contributed by atoms with Crippen molar-refractivity contribution in [1.82, 2.24) is 15.0 Å². The number of anilines is 1. The molecule has 0 atom stereocenters. The minimum absolute atomic E-state index is 0.748. The maximum atomic E-state index is 5.97. The van der Waals surface area contributed by atoms with Gasteiger partial charge in [-0.05, 0) is 25.0 Å². The van der Waals surface area contributed by atoms with Gasteiger partial charge in [-0.2, -0.15) is 0 Å². The molecule has 3 heterocycles. The second-order valence-corrected chi connectivity index (χ2v) is 5.33. The molecule has 0 radical (unpaired) electrons. The predicted octanol–water partition coefficient (Wildman–Crippen LogP) is 2.78. The molecule has 88 valence electrons. The van der Waals surface area contributed by atoms with Crippen LogP contribution in [0.1, 0.15) is 17.8 Å². The van der Waals surface area contributed by atoms with Gasteiger partial charge in [-0.1, -0.05) is 6.08 Å². The van der Waals surface area contributed by atoms with Gasteiger partial charge in [0, 0.05) is 6.20 Å². The van der Waals surface area contributed by atoms with E-state index in [2.05, 4.69) is 16.0 Å². The lowest BCUT2D eigenvalue weighted by Gasteiger charge is -2.07. The Balaban J connectivity index is 2.16. The van der Waals surface area contributed by atoms with E-state index in [0.29, 0.717) is 0 Å². The third kappa shape index (κ3) is 1.28. The maximum Gasteiger partial charge on any atom is 0.145 e. The molecule has 0 saturated heterocycles. The van der Waals surface area contributed by atoms with Crippen molar-refractivity contribution in [2.75, 3.05) is 5.73 Å². The van der Waals surface area contributed by atoms with Crippen LogP contribution in [0.4, 0.5) is 5.69 Å². The average Bonchev–Trinajstić information content (AvgIpc) is 2.76. The number of thiophene rings is 1. The van der Waals surface area contributed by atoms with Gasteiger partial charge in [-0.3, -0.25) is 4.98 Å². The number of pyridine rings is 1. The van der Waals surface area contributed by atoms with Gasteiger partial charge in [0.25, 0.3) is 0 Å². The summed E-state index contributed by atoms with van der Waals surface area (Å²) in [5, 5.41) is 0. The number of fused-ring (bicyclic) bond motifs is 4. The standard InChI is InChI=1S/C13H10N4S/c14-7-5-6-15-10-11-13(18-12(7)10)17-9-4-2-1-3-8(9)16-11/h1,3,5-6H,2,4H2,(H2,14,15). The van der Waals surface area contributed by atoms with Gasteiger partial charge >= 0.3 is 0 Å². The number of aryl methyl sites for hydroxylation is 1. The van der Waals surface area contributed by atoms with E-state index in [-0.39, 0.29) is 0 Å². The number of rotatable bonds is 0. The Hall–Kier alpha value is -2.01. The van der Waals surface area contributed by atoms with Crippen LogP contribution in [0.2, 0.25) is 0 Å². The molecule has 18 heavy (non-hydrogen) atoms. The smallest absolute Gasteiger partial charge is 0.145 e. The molecule has 3 aromatic heterocycles. The van der Waals surface area contributed by atoms with Crippen LogP contribution in [0.15, 0.2) is 18.3 Å². The lowest BCUT2D eigenvalue weighted by molar-refractivity contribution is 0.923. The van der Waals surface area contributed by atoms with Gasteiger partial charge in [-0.15, -0.1) is 11.3 Å². The summed E-state index contributed by atoms with van der Waals surface area (Å²) in [5.41, 5.74) is 10.5. The second kappa shape index (κ2) is 3.49. The van der Waals surface area contributed by atoms with Crippen LogP contribution in [0.5, 0.6) is 0 Å². The number of hydrogen-bond donors (Lipinski definition) is 1. The number of nitrogen functional groups attached to an aromatic ring is 1. The number of hydrogen-bond acceptors (Lipinski definition) is 5. The summed E-state index contributed by atoms with van der Waals surface area (Å²) in [7, 11) is 0. The number of allylic oxidation sites excluding steroid dienone is 1. The van der Waals surface area contributed by atoms with Crippen molar-refractivity contribution < 1.29 is 0 Å². The van der Waals surface area contributed by atoms with E-state index in [1.807, 2.05) is 12.1 Å². The fourth-order valence-corrected chi connectivity index (χ4v) is 3.28. The van der Waals surface area contributed by atoms with E-state index in [1.165, 1.54) is 0 Å². The van der Waals surface area contributed by atoms with E-state index < -0.39 is 0 Å². The molecule has 3 aromatic rings. The van der Waals surface area contributed by atoms with Gasteiger partial charge in [-0.25, -0.2) is 9.97 Å². The molecule has 1 aliphatic carbocycles. The summed E-state index contributed by atoms with van der Waals surface area (Å²) in [4.78, 5) is 14.7. The second-order valence-electron chi connectivity index (χ2n) is 4.33. The average molecular weight is 254 g/mol. The summed E-state index contributed by atoms with van der Waals surface area (Å²) in [5.74, 6) is 0. The fraction of sp³-hybridized carbons (Fsp3) is 0.154. The topological polar surface area (TPSA) is 64.7 Å². The summed E-state index contributed by atoms with van der Waals surface area (Å²) in [6, 6.07) is 1.82. The molecule has 0 aliphatic heterocycles. The summed E-state index contributed by atoms with van der Waals surface area (Å²) in [6.45, 7) is 0. The van der Waals surface area contributed by atoms with Crippen molar-refractivity contribution in [3.8, 4) is 0 Å². The highest BCUT2D eigenvalue weighted by Gasteiger charge is 2.15. The zero-order chi connectivity index (χ0) is 12.1. The Morgan fingerprint density at radius 2 is 2.17 bits per heavy atom. The van der Waals surface area contributed by atoms with Crippen LogP contribution >= 0.6 is 11.3 Å². The normalized spacial score (nSPS) is 14.2. The molecule has 0 bridgehead atoms. The quantitative estimate of drug-likeness (QED) is 0.670. The first-order chi connectivity index (χ1) is 8.83. The number of aromatic nitrogens is 3. The van der Waals surface area contributed by atoms with Gasteiger partial charge in [0.2, 0.25) is 0 Å². The fourth-order valence-electron chi connectivity index (χ4n) is 2.26. The van der Waals surface area contributed by atoms with Crippen LogP contribution in [-0.4, -0.2) is 15.0 Å².